The number of aromatic nitrogens is 3. The van der Waals surface area contributed by atoms with E-state index in [-0.39, 0.29) is 5.91 Å². The van der Waals surface area contributed by atoms with Crippen molar-refractivity contribution in [2.24, 2.45) is 0 Å². The molecule has 1 aliphatic rings. The van der Waals surface area contributed by atoms with E-state index in [2.05, 4.69) is 39.4 Å². The van der Waals surface area contributed by atoms with Crippen molar-refractivity contribution in [1.82, 2.24) is 20.0 Å². The minimum atomic E-state index is 0.106. The van der Waals surface area contributed by atoms with Gasteiger partial charge in [-0.1, -0.05) is 22.9 Å². The average Bonchev–Trinajstić information content (AvgIpc) is 3.07. The van der Waals surface area contributed by atoms with Gasteiger partial charge in [0, 0.05) is 49.2 Å². The molecule has 4 rings (SSSR count). The maximum Gasteiger partial charge on any atom is 0.229 e. The van der Waals surface area contributed by atoms with Gasteiger partial charge in [-0.3, -0.25) is 4.79 Å². The van der Waals surface area contributed by atoms with Gasteiger partial charge in [0.25, 0.3) is 0 Å². The van der Waals surface area contributed by atoms with Gasteiger partial charge in [0.15, 0.2) is 0 Å². The summed E-state index contributed by atoms with van der Waals surface area (Å²) in [6, 6.07) is 10.1. The second-order valence-corrected chi connectivity index (χ2v) is 8.03. The van der Waals surface area contributed by atoms with Crippen molar-refractivity contribution in [1.29, 1.82) is 0 Å². The molecule has 1 fully saturated rings. The lowest BCUT2D eigenvalue weighted by atomic mass is 10.1. The second kappa shape index (κ2) is 8.75. The summed E-state index contributed by atoms with van der Waals surface area (Å²) in [5, 5.41) is 7.23. The van der Waals surface area contributed by atoms with Gasteiger partial charge < -0.3 is 19.6 Å². The molecule has 0 saturated carbocycles. The van der Waals surface area contributed by atoms with Crippen LogP contribution in [0, 0.1) is 27.7 Å². The maximum absolute atomic E-state index is 12.8. The molecule has 1 aromatic carbocycles. The highest BCUT2D eigenvalue weighted by Gasteiger charge is 2.24. The smallest absolute Gasteiger partial charge is 0.229 e. The molecule has 2 aromatic heterocycles. The zero-order valence-corrected chi connectivity index (χ0v) is 18.5. The molecular weight excluding hydrogens is 392 g/mol. The number of benzene rings is 1. The van der Waals surface area contributed by atoms with E-state index < -0.39 is 0 Å². The van der Waals surface area contributed by atoms with E-state index in [1.54, 1.807) is 0 Å². The Kier molecular flexibility index (Phi) is 5.88. The van der Waals surface area contributed by atoms with Gasteiger partial charge >= 0.3 is 0 Å². The van der Waals surface area contributed by atoms with Crippen LogP contribution in [0.1, 0.15) is 28.3 Å². The number of hydrogen-bond donors (Lipinski definition) is 1. The molecule has 0 aliphatic carbocycles. The summed E-state index contributed by atoms with van der Waals surface area (Å²) < 4.78 is 5.18. The van der Waals surface area contributed by atoms with Crippen LogP contribution in [0.2, 0.25) is 0 Å². The summed E-state index contributed by atoms with van der Waals surface area (Å²) in [6.07, 6.45) is 0.332. The zero-order chi connectivity index (χ0) is 22.0. The van der Waals surface area contributed by atoms with Crippen LogP contribution < -0.4 is 10.2 Å². The fourth-order valence-corrected chi connectivity index (χ4v) is 3.74. The van der Waals surface area contributed by atoms with Crippen molar-refractivity contribution >= 4 is 23.4 Å². The normalized spacial score (nSPS) is 14.1. The Bertz CT molecular complexity index is 1050. The highest BCUT2D eigenvalue weighted by atomic mass is 16.5. The van der Waals surface area contributed by atoms with Crippen LogP contribution in [-0.4, -0.2) is 52.1 Å². The van der Waals surface area contributed by atoms with E-state index in [1.165, 1.54) is 5.56 Å². The number of carbonyl (C=O) groups is 1. The highest BCUT2D eigenvalue weighted by molar-refractivity contribution is 5.79. The summed E-state index contributed by atoms with van der Waals surface area (Å²) in [4.78, 5) is 26.1. The number of carbonyl (C=O) groups excluding carboxylic acids is 1. The summed E-state index contributed by atoms with van der Waals surface area (Å²) in [5.74, 6) is 2.28. The van der Waals surface area contributed by atoms with Crippen molar-refractivity contribution < 1.29 is 9.32 Å². The van der Waals surface area contributed by atoms with E-state index in [0.717, 1.165) is 47.3 Å². The third-order valence-corrected chi connectivity index (χ3v) is 5.61. The Labute approximate surface area is 182 Å². The number of amides is 1. The summed E-state index contributed by atoms with van der Waals surface area (Å²) in [5.41, 5.74) is 4.74. The Morgan fingerprint density at radius 1 is 1.03 bits per heavy atom. The Hall–Kier alpha value is -3.42. The van der Waals surface area contributed by atoms with E-state index in [9.17, 15) is 4.79 Å². The second-order valence-electron chi connectivity index (χ2n) is 8.03. The largest absolute Gasteiger partial charge is 0.361 e. The third-order valence-electron chi connectivity index (χ3n) is 5.61. The van der Waals surface area contributed by atoms with Gasteiger partial charge in [0.1, 0.15) is 11.6 Å². The number of aryl methyl sites for hydroxylation is 4. The SMILES string of the molecule is Cc1ccc(Nc2nc(C)cc(N3CCN(C(=O)Cc4c(C)noc4C)CC3)n2)cc1. The standard InChI is InChI=1S/C23H28N6O2/c1-15-5-7-19(8-6-15)25-23-24-16(2)13-21(26-23)28-9-11-29(12-10-28)22(30)14-20-17(3)27-31-18(20)4/h5-8,13H,9-12,14H2,1-4H3,(H,24,25,26). The molecule has 0 atom stereocenters. The fraction of sp³-hybridized carbons (Fsp3) is 0.391. The number of anilines is 3. The minimum absolute atomic E-state index is 0.106. The van der Waals surface area contributed by atoms with E-state index in [1.807, 2.05) is 43.9 Å². The third kappa shape index (κ3) is 4.84. The molecule has 8 nitrogen and oxygen atoms in total. The van der Waals surface area contributed by atoms with Gasteiger partial charge in [-0.2, -0.15) is 4.98 Å². The predicted octanol–water partition coefficient (Wildman–Crippen LogP) is 3.33. The van der Waals surface area contributed by atoms with Crippen LogP contribution in [0.3, 0.4) is 0 Å². The Morgan fingerprint density at radius 3 is 2.39 bits per heavy atom. The van der Waals surface area contributed by atoms with Gasteiger partial charge in [0.2, 0.25) is 11.9 Å². The first-order valence-electron chi connectivity index (χ1n) is 10.5. The molecule has 162 valence electrons. The zero-order valence-electron chi connectivity index (χ0n) is 18.5. The quantitative estimate of drug-likeness (QED) is 0.677. The molecule has 0 unspecified atom stereocenters. The molecule has 0 spiro atoms. The molecule has 1 amide bonds. The van der Waals surface area contributed by atoms with Crippen molar-refractivity contribution in [3.05, 3.63) is 58.6 Å². The van der Waals surface area contributed by atoms with Crippen molar-refractivity contribution in [3.63, 3.8) is 0 Å². The van der Waals surface area contributed by atoms with Gasteiger partial charge in [-0.25, -0.2) is 4.98 Å². The first kappa shape index (κ1) is 20.8. The maximum atomic E-state index is 12.8. The van der Waals surface area contributed by atoms with Gasteiger partial charge in [-0.15, -0.1) is 0 Å². The molecular formula is C23H28N6O2. The van der Waals surface area contributed by atoms with Gasteiger partial charge in [0.05, 0.1) is 12.1 Å². The Morgan fingerprint density at radius 2 is 1.74 bits per heavy atom. The number of rotatable bonds is 5. The number of hydrogen-bond acceptors (Lipinski definition) is 7. The molecule has 1 aliphatic heterocycles. The van der Waals surface area contributed by atoms with Crippen LogP contribution in [0.5, 0.6) is 0 Å². The lowest BCUT2D eigenvalue weighted by molar-refractivity contribution is -0.130. The lowest BCUT2D eigenvalue weighted by Crippen LogP contribution is -2.49. The molecule has 8 heteroatoms. The van der Waals surface area contributed by atoms with E-state index >= 15 is 0 Å². The van der Waals surface area contributed by atoms with Crippen molar-refractivity contribution in [2.75, 3.05) is 36.4 Å². The number of piperazine rings is 1. The average molecular weight is 421 g/mol. The van der Waals surface area contributed by atoms with Crippen LogP contribution in [0.4, 0.5) is 17.5 Å². The predicted molar refractivity (Wildman–Crippen MR) is 120 cm³/mol. The minimum Gasteiger partial charge on any atom is -0.361 e. The first-order valence-corrected chi connectivity index (χ1v) is 10.5. The molecule has 3 aromatic rings. The summed E-state index contributed by atoms with van der Waals surface area (Å²) in [6.45, 7) is 10.5. The number of nitrogens with one attached hydrogen (secondary N) is 1. The first-order chi connectivity index (χ1) is 14.9. The van der Waals surface area contributed by atoms with Gasteiger partial charge in [-0.05, 0) is 39.8 Å². The number of nitrogens with zero attached hydrogens (tertiary/aromatic N) is 5. The molecule has 31 heavy (non-hydrogen) atoms. The van der Waals surface area contributed by atoms with Crippen LogP contribution in [0.15, 0.2) is 34.9 Å². The van der Waals surface area contributed by atoms with E-state index in [4.69, 9.17) is 9.51 Å². The lowest BCUT2D eigenvalue weighted by Gasteiger charge is -2.35. The summed E-state index contributed by atoms with van der Waals surface area (Å²) >= 11 is 0. The molecule has 1 N–H and O–H groups in total. The van der Waals surface area contributed by atoms with Crippen LogP contribution >= 0.6 is 0 Å². The molecule has 3 heterocycles. The highest BCUT2D eigenvalue weighted by Crippen LogP contribution is 2.21. The molecule has 1 saturated heterocycles. The van der Waals surface area contributed by atoms with Crippen LogP contribution in [0.25, 0.3) is 0 Å². The van der Waals surface area contributed by atoms with E-state index in [0.29, 0.717) is 25.5 Å². The summed E-state index contributed by atoms with van der Waals surface area (Å²) in [7, 11) is 0. The fourth-order valence-electron chi connectivity index (χ4n) is 3.74. The monoisotopic (exact) mass is 420 g/mol. The van der Waals surface area contributed by atoms with Crippen molar-refractivity contribution in [2.45, 2.75) is 34.1 Å². The molecule has 0 bridgehead atoms. The van der Waals surface area contributed by atoms with Crippen molar-refractivity contribution in [3.8, 4) is 0 Å². The topological polar surface area (TPSA) is 87.4 Å². The molecule has 0 radical (unpaired) electrons. The van der Waals surface area contributed by atoms with Crippen LogP contribution in [-0.2, 0) is 11.2 Å². The Balaban J connectivity index is 1.39.